The molecule has 1 aliphatic heterocycles. The van der Waals surface area contributed by atoms with Crippen LogP contribution in [0, 0.1) is 27.4 Å². The predicted molar refractivity (Wildman–Crippen MR) is 96.9 cm³/mol. The van der Waals surface area contributed by atoms with E-state index in [1.807, 2.05) is 4.90 Å². The van der Waals surface area contributed by atoms with Gasteiger partial charge in [-0.15, -0.1) is 0 Å². The van der Waals surface area contributed by atoms with Crippen molar-refractivity contribution >= 4 is 27.8 Å². The maximum atomic E-state index is 13.5. The molecule has 2 atom stereocenters. The van der Waals surface area contributed by atoms with Crippen LogP contribution in [0.4, 0.5) is 5.95 Å². The zero-order chi connectivity index (χ0) is 18.8. The SMILES string of the molecule is O=C(N1CCOCC1)C12C[C@@H]3C[C@@H](C1)CC(n1nc([N+](=O)[O-])nc1Br)(C3)C2. The molecule has 1 amide bonds. The van der Waals surface area contributed by atoms with Gasteiger partial charge in [-0.3, -0.25) is 4.79 Å². The summed E-state index contributed by atoms with van der Waals surface area (Å²) in [6.07, 6.45) is 5.53. The van der Waals surface area contributed by atoms with E-state index >= 15 is 0 Å². The van der Waals surface area contributed by atoms with Crippen molar-refractivity contribution in [2.24, 2.45) is 17.3 Å². The summed E-state index contributed by atoms with van der Waals surface area (Å²) in [5.74, 6) is 0.791. The van der Waals surface area contributed by atoms with Crippen LogP contribution in [-0.4, -0.2) is 56.8 Å². The molecule has 2 heterocycles. The molecule has 0 aromatic carbocycles. The molecule has 1 saturated heterocycles. The monoisotopic (exact) mass is 439 g/mol. The van der Waals surface area contributed by atoms with Crippen molar-refractivity contribution in [1.82, 2.24) is 19.7 Å². The van der Waals surface area contributed by atoms with Gasteiger partial charge in [0, 0.05) is 34.1 Å². The van der Waals surface area contributed by atoms with E-state index in [1.54, 1.807) is 4.68 Å². The second-order valence-electron chi connectivity index (χ2n) is 8.72. The Hall–Kier alpha value is -1.55. The molecule has 5 fully saturated rings. The number of nitrogens with zero attached hydrogens (tertiary/aromatic N) is 5. The number of carbonyl (C=O) groups is 1. The van der Waals surface area contributed by atoms with Crippen LogP contribution in [0.5, 0.6) is 0 Å². The lowest BCUT2D eigenvalue weighted by Crippen LogP contribution is -2.62. The Balaban J connectivity index is 1.52. The number of halogens is 1. The minimum atomic E-state index is -0.559. The summed E-state index contributed by atoms with van der Waals surface area (Å²) in [6, 6.07) is 0. The molecule has 4 bridgehead atoms. The maximum absolute atomic E-state index is 13.5. The molecule has 1 aromatic rings. The van der Waals surface area contributed by atoms with Crippen LogP contribution >= 0.6 is 15.9 Å². The van der Waals surface area contributed by atoms with E-state index in [0.29, 0.717) is 49.3 Å². The van der Waals surface area contributed by atoms with Crippen LogP contribution in [-0.2, 0) is 15.1 Å². The molecule has 9 nitrogen and oxygen atoms in total. The van der Waals surface area contributed by atoms with E-state index < -0.39 is 4.92 Å². The average Bonchev–Trinajstić information content (AvgIpc) is 3.04. The van der Waals surface area contributed by atoms with Gasteiger partial charge >= 0.3 is 5.95 Å². The summed E-state index contributed by atoms with van der Waals surface area (Å²) >= 11 is 3.38. The minimum absolute atomic E-state index is 0.245. The smallest absolute Gasteiger partial charge is 0.390 e. The van der Waals surface area contributed by atoms with Crippen molar-refractivity contribution < 1.29 is 14.5 Å². The number of amides is 1. The van der Waals surface area contributed by atoms with Crippen molar-refractivity contribution in [1.29, 1.82) is 0 Å². The van der Waals surface area contributed by atoms with Crippen molar-refractivity contribution in [3.05, 3.63) is 14.8 Å². The van der Waals surface area contributed by atoms with Crippen LogP contribution in [0.15, 0.2) is 4.73 Å². The van der Waals surface area contributed by atoms with Gasteiger partial charge in [0.1, 0.15) is 0 Å². The molecule has 5 aliphatic rings. The number of carbonyl (C=O) groups excluding carboxylic acids is 1. The molecule has 4 saturated carbocycles. The van der Waals surface area contributed by atoms with Crippen LogP contribution in [0.2, 0.25) is 0 Å². The number of nitro groups is 1. The Labute approximate surface area is 164 Å². The third kappa shape index (κ3) is 2.63. The Morgan fingerprint density at radius 1 is 1.22 bits per heavy atom. The van der Waals surface area contributed by atoms with Gasteiger partial charge in [-0.05, 0) is 60.3 Å². The number of hydrogen-bond acceptors (Lipinski definition) is 6. The summed E-state index contributed by atoms with van der Waals surface area (Å²) in [5, 5.41) is 15.4. The molecule has 0 unspecified atom stereocenters. The first-order valence-electron chi connectivity index (χ1n) is 9.55. The molecule has 0 N–H and O–H groups in total. The zero-order valence-corrected chi connectivity index (χ0v) is 16.6. The van der Waals surface area contributed by atoms with Crippen molar-refractivity contribution in [2.45, 2.75) is 44.1 Å². The molecule has 27 heavy (non-hydrogen) atoms. The standard InChI is InChI=1S/C17H22BrN5O4/c18-14-19-15(23(25)26)20-22(14)17-8-11-5-12(9-17)7-16(6-11,10-17)13(24)21-1-3-27-4-2-21/h11-12H,1-10H2/t11-,12-,16?,17?/m0/s1. The molecule has 4 aliphatic carbocycles. The Morgan fingerprint density at radius 3 is 2.48 bits per heavy atom. The molecule has 1 aromatic heterocycles. The molecule has 0 radical (unpaired) electrons. The summed E-state index contributed by atoms with van der Waals surface area (Å²) in [4.78, 5) is 30.1. The largest absolute Gasteiger partial charge is 0.492 e. The van der Waals surface area contributed by atoms with E-state index in [9.17, 15) is 14.9 Å². The third-order valence-electron chi connectivity index (χ3n) is 6.95. The Kier molecular flexibility index (Phi) is 3.88. The van der Waals surface area contributed by atoms with Gasteiger partial charge in [0.25, 0.3) is 4.73 Å². The highest BCUT2D eigenvalue weighted by Gasteiger charge is 2.63. The van der Waals surface area contributed by atoms with Crippen LogP contribution in [0.3, 0.4) is 0 Å². The molecule has 0 spiro atoms. The van der Waals surface area contributed by atoms with Gasteiger partial charge in [0.05, 0.1) is 24.2 Å². The lowest BCUT2D eigenvalue weighted by atomic mass is 9.46. The number of aromatic nitrogens is 3. The summed E-state index contributed by atoms with van der Waals surface area (Å²) in [7, 11) is 0. The third-order valence-corrected chi connectivity index (χ3v) is 7.46. The number of morpholine rings is 1. The highest BCUT2D eigenvalue weighted by Crippen LogP contribution is 2.65. The van der Waals surface area contributed by atoms with Crippen LogP contribution in [0.1, 0.15) is 38.5 Å². The molecule has 6 rings (SSSR count). The van der Waals surface area contributed by atoms with Gasteiger partial charge < -0.3 is 19.8 Å². The minimum Gasteiger partial charge on any atom is -0.390 e. The lowest BCUT2D eigenvalue weighted by Gasteiger charge is -2.61. The number of ether oxygens (including phenoxy) is 1. The molecule has 146 valence electrons. The van der Waals surface area contributed by atoms with Crippen molar-refractivity contribution in [3.8, 4) is 0 Å². The average molecular weight is 440 g/mol. The molecular formula is C17H22BrN5O4. The van der Waals surface area contributed by atoms with Crippen LogP contribution in [0.25, 0.3) is 0 Å². The number of hydrogen-bond donors (Lipinski definition) is 0. The highest BCUT2D eigenvalue weighted by atomic mass is 79.9. The summed E-state index contributed by atoms with van der Waals surface area (Å²) < 4.78 is 7.52. The van der Waals surface area contributed by atoms with E-state index in [1.165, 1.54) is 0 Å². The Morgan fingerprint density at radius 2 is 1.89 bits per heavy atom. The van der Waals surface area contributed by atoms with Gasteiger partial charge in [-0.1, -0.05) is 0 Å². The highest BCUT2D eigenvalue weighted by molar-refractivity contribution is 9.10. The van der Waals surface area contributed by atoms with Gasteiger partial charge in [0.2, 0.25) is 5.91 Å². The van der Waals surface area contributed by atoms with E-state index in [2.05, 4.69) is 26.0 Å². The van der Waals surface area contributed by atoms with Crippen molar-refractivity contribution in [3.63, 3.8) is 0 Å². The zero-order valence-electron chi connectivity index (χ0n) is 15.0. The lowest BCUT2D eigenvalue weighted by molar-refractivity contribution is -0.394. The second-order valence-corrected chi connectivity index (χ2v) is 9.43. The molecule has 10 heteroatoms. The quantitative estimate of drug-likeness (QED) is 0.527. The summed E-state index contributed by atoms with van der Waals surface area (Å²) in [5.41, 5.74) is -0.728. The molecular weight excluding hydrogens is 418 g/mol. The maximum Gasteiger partial charge on any atom is 0.492 e. The second kappa shape index (κ2) is 5.97. The van der Waals surface area contributed by atoms with E-state index in [-0.39, 0.29) is 22.8 Å². The predicted octanol–water partition coefficient (Wildman–Crippen LogP) is 2.10. The fourth-order valence-corrected chi connectivity index (χ4v) is 7.09. The first-order chi connectivity index (χ1) is 12.9. The van der Waals surface area contributed by atoms with Gasteiger partial charge in [0.15, 0.2) is 0 Å². The van der Waals surface area contributed by atoms with Crippen molar-refractivity contribution in [2.75, 3.05) is 26.3 Å². The Bertz CT molecular complexity index is 791. The normalized spacial score (nSPS) is 37.6. The fourth-order valence-electron chi connectivity index (χ4n) is 6.48. The van der Waals surface area contributed by atoms with Crippen LogP contribution < -0.4 is 0 Å². The summed E-state index contributed by atoms with van der Waals surface area (Å²) in [6.45, 7) is 2.50. The van der Waals surface area contributed by atoms with E-state index in [0.717, 1.165) is 32.1 Å². The number of rotatable bonds is 3. The first-order valence-corrected chi connectivity index (χ1v) is 10.3. The fraction of sp³-hybridized carbons (Fsp3) is 0.824. The van der Waals surface area contributed by atoms with Gasteiger partial charge in [-0.25, -0.2) is 0 Å². The topological polar surface area (TPSA) is 103 Å². The van der Waals surface area contributed by atoms with E-state index in [4.69, 9.17) is 4.74 Å². The first kappa shape index (κ1) is 17.5. The van der Waals surface area contributed by atoms with Gasteiger partial charge in [-0.2, -0.15) is 4.68 Å².